The highest BCUT2D eigenvalue weighted by Gasteiger charge is 2.62. The molecule has 4 rings (SSSR count). The highest BCUT2D eigenvalue weighted by molar-refractivity contribution is 5.70. The molecule has 4 unspecified atom stereocenters. The summed E-state index contributed by atoms with van der Waals surface area (Å²) in [5, 5.41) is 0. The predicted octanol–water partition coefficient (Wildman–Crippen LogP) is 17.9. The third kappa shape index (κ3) is 30.3. The lowest BCUT2D eigenvalue weighted by Crippen LogP contribution is -2.57. The molecule has 0 aromatic heterocycles. The van der Waals surface area contributed by atoms with Crippen molar-refractivity contribution in [1.82, 2.24) is 4.90 Å². The largest absolute Gasteiger partial charge is 0.466 e. The first kappa shape index (κ1) is 66.3. The lowest BCUT2D eigenvalue weighted by molar-refractivity contribution is -0.173. The summed E-state index contributed by atoms with van der Waals surface area (Å²) in [5.41, 5.74) is 0.756. The van der Waals surface area contributed by atoms with Crippen LogP contribution < -0.4 is 0 Å². The summed E-state index contributed by atoms with van der Waals surface area (Å²) in [5.74, 6) is 0.461. The van der Waals surface area contributed by atoms with E-state index in [-0.39, 0.29) is 40.4 Å². The summed E-state index contributed by atoms with van der Waals surface area (Å²) in [6.45, 7) is 16.9. The molecule has 0 amide bonds. The number of unbranched alkanes of at least 4 members (excludes halogenated alkanes) is 21. The number of esters is 3. The van der Waals surface area contributed by atoms with Gasteiger partial charge in [-0.15, -0.1) is 0 Å². The van der Waals surface area contributed by atoms with Crippen molar-refractivity contribution in [2.75, 3.05) is 52.7 Å². The van der Waals surface area contributed by atoms with Gasteiger partial charge in [0, 0.05) is 32.5 Å². The number of rotatable bonds is 52. The maximum absolute atomic E-state index is 13.2. The van der Waals surface area contributed by atoms with Crippen molar-refractivity contribution >= 4 is 17.9 Å². The molecule has 0 radical (unpaired) electrons. The average molecular weight is 1040 g/mol. The second-order valence-corrected chi connectivity index (χ2v) is 24.2. The molecule has 9 nitrogen and oxygen atoms in total. The molecular formula is C65H119NO8. The Hall–Kier alpha value is -1.97. The third-order valence-electron chi connectivity index (χ3n) is 17.3. The fourth-order valence-corrected chi connectivity index (χ4v) is 14.0. The lowest BCUT2D eigenvalue weighted by atomic mass is 9.37. The van der Waals surface area contributed by atoms with Gasteiger partial charge in [0.2, 0.25) is 0 Å². The van der Waals surface area contributed by atoms with Crippen LogP contribution in [0.3, 0.4) is 0 Å². The van der Waals surface area contributed by atoms with E-state index in [0.29, 0.717) is 64.6 Å². The first-order chi connectivity index (χ1) is 36.1. The van der Waals surface area contributed by atoms with E-state index in [1.54, 1.807) is 0 Å². The monoisotopic (exact) mass is 1040 g/mol. The average Bonchev–Trinajstić information content (AvgIpc) is 3.38. The molecule has 432 valence electrons. The van der Waals surface area contributed by atoms with Crippen LogP contribution in [-0.2, 0) is 38.1 Å². The van der Waals surface area contributed by atoms with Crippen LogP contribution in [0.25, 0.3) is 0 Å². The lowest BCUT2D eigenvalue weighted by Gasteiger charge is -2.67. The van der Waals surface area contributed by atoms with Crippen LogP contribution in [0.2, 0.25) is 0 Å². The van der Waals surface area contributed by atoms with E-state index in [1.807, 2.05) is 0 Å². The van der Waals surface area contributed by atoms with Gasteiger partial charge in [0.15, 0.2) is 6.29 Å². The van der Waals surface area contributed by atoms with Crippen molar-refractivity contribution in [1.29, 1.82) is 0 Å². The number of nitrogens with zero attached hydrogens (tertiary/aromatic N) is 1. The Bertz CT molecular complexity index is 1420. The van der Waals surface area contributed by atoms with Gasteiger partial charge in [-0.25, -0.2) is 0 Å². The van der Waals surface area contributed by atoms with Crippen LogP contribution in [-0.4, -0.2) is 81.8 Å². The number of hydrogen-bond donors (Lipinski definition) is 0. The first-order valence-electron chi connectivity index (χ1n) is 32.2. The first-order valence-corrected chi connectivity index (χ1v) is 32.2. The van der Waals surface area contributed by atoms with Gasteiger partial charge >= 0.3 is 17.9 Å². The van der Waals surface area contributed by atoms with Gasteiger partial charge in [0.05, 0.1) is 26.2 Å². The molecule has 4 atom stereocenters. The summed E-state index contributed by atoms with van der Waals surface area (Å²) < 4.78 is 30.1. The number of carbonyl (C=O) groups excluding carboxylic acids is 3. The Morgan fingerprint density at radius 1 is 0.432 bits per heavy atom. The number of allylic oxidation sites excluding steroid dienone is 2. The summed E-state index contributed by atoms with van der Waals surface area (Å²) in [7, 11) is 0. The van der Waals surface area contributed by atoms with E-state index in [0.717, 1.165) is 90.3 Å². The zero-order chi connectivity index (χ0) is 53.3. The van der Waals surface area contributed by atoms with Crippen LogP contribution in [0.5, 0.6) is 0 Å². The fourth-order valence-electron chi connectivity index (χ4n) is 14.0. The summed E-state index contributed by atoms with van der Waals surface area (Å²) in [4.78, 5) is 41.1. The van der Waals surface area contributed by atoms with E-state index in [2.05, 4.69) is 51.7 Å². The van der Waals surface area contributed by atoms with Gasteiger partial charge < -0.3 is 28.6 Å². The summed E-state index contributed by atoms with van der Waals surface area (Å²) in [6, 6.07) is 0. The number of ether oxygens (including phenoxy) is 5. The molecule has 0 aromatic carbocycles. The smallest absolute Gasteiger partial charge is 0.305 e. The van der Waals surface area contributed by atoms with Crippen LogP contribution in [0.15, 0.2) is 12.2 Å². The SMILES string of the molecule is CCCCCCCC/C=C\CCCCCCCC(=O)OCCCC12CC3CC(CCCOC(=O)CCCN(CC)CC)(C1)CC(CCCOC(=O)CCC(OCCCCCCCC)OCCCCCCCC)(C3)C2. The van der Waals surface area contributed by atoms with E-state index >= 15 is 0 Å². The molecule has 0 spiro atoms. The Morgan fingerprint density at radius 3 is 1.22 bits per heavy atom. The minimum Gasteiger partial charge on any atom is -0.466 e. The van der Waals surface area contributed by atoms with Crippen LogP contribution in [0.1, 0.15) is 304 Å². The zero-order valence-electron chi connectivity index (χ0n) is 49.4. The normalized spacial score (nSPS) is 21.1. The molecule has 0 aromatic rings. The Balaban J connectivity index is 1.46. The van der Waals surface area contributed by atoms with E-state index < -0.39 is 0 Å². The van der Waals surface area contributed by atoms with Crippen molar-refractivity contribution in [3.8, 4) is 0 Å². The highest BCUT2D eigenvalue weighted by Crippen LogP contribution is 2.73. The third-order valence-corrected chi connectivity index (χ3v) is 17.3. The molecule has 74 heavy (non-hydrogen) atoms. The Kier molecular flexibility index (Phi) is 37.7. The highest BCUT2D eigenvalue weighted by atomic mass is 16.7. The molecular weight excluding hydrogens is 923 g/mol. The van der Waals surface area contributed by atoms with Crippen molar-refractivity contribution in [3.05, 3.63) is 12.2 Å². The summed E-state index contributed by atoms with van der Waals surface area (Å²) in [6.07, 6.45) is 51.5. The second kappa shape index (κ2) is 42.0. The van der Waals surface area contributed by atoms with Crippen molar-refractivity contribution in [2.45, 2.75) is 311 Å². The predicted molar refractivity (Wildman–Crippen MR) is 307 cm³/mol. The van der Waals surface area contributed by atoms with Crippen LogP contribution in [0.4, 0.5) is 0 Å². The molecule has 0 aliphatic heterocycles. The molecule has 0 saturated heterocycles. The molecule has 4 fully saturated rings. The van der Waals surface area contributed by atoms with E-state index in [1.165, 1.54) is 173 Å². The Morgan fingerprint density at radius 2 is 0.797 bits per heavy atom. The fraction of sp³-hybridized carbons (Fsp3) is 0.923. The van der Waals surface area contributed by atoms with Crippen LogP contribution >= 0.6 is 0 Å². The molecule has 0 heterocycles. The quantitative estimate of drug-likeness (QED) is 0.0194. The van der Waals surface area contributed by atoms with Gasteiger partial charge in [-0.3, -0.25) is 14.4 Å². The van der Waals surface area contributed by atoms with Gasteiger partial charge in [-0.2, -0.15) is 0 Å². The van der Waals surface area contributed by atoms with E-state index in [4.69, 9.17) is 23.7 Å². The van der Waals surface area contributed by atoms with Gasteiger partial charge in [-0.05, 0) is 170 Å². The van der Waals surface area contributed by atoms with Crippen molar-refractivity contribution in [3.63, 3.8) is 0 Å². The van der Waals surface area contributed by atoms with E-state index in [9.17, 15) is 14.4 Å². The van der Waals surface area contributed by atoms with Gasteiger partial charge in [0.25, 0.3) is 0 Å². The minimum absolute atomic E-state index is 0.0323. The molecule has 4 saturated carbocycles. The molecule has 4 aliphatic carbocycles. The van der Waals surface area contributed by atoms with Gasteiger partial charge in [-0.1, -0.05) is 162 Å². The zero-order valence-corrected chi connectivity index (χ0v) is 49.4. The standard InChI is InChI=1S/C65H119NO8/c1-6-11-14-17-20-21-22-23-24-25-26-27-28-29-32-39-59(67)70-49-36-43-63-52-58-53-64(55-63,44-37-50-71-60(68)40-35-46-66(9-4)10-5)57-65(54-58,56-63)45-38-51-72-61(69)41-42-62(73-47-33-30-18-15-12-7-2)74-48-34-31-19-16-13-8-3/h23-24,58,62H,6-22,25-57H2,1-5H3/b24-23-. The molecule has 9 heteroatoms. The van der Waals surface area contributed by atoms with Crippen molar-refractivity contribution < 1.29 is 38.1 Å². The van der Waals surface area contributed by atoms with Gasteiger partial charge in [0.1, 0.15) is 0 Å². The molecule has 4 aliphatic rings. The number of hydrogen-bond acceptors (Lipinski definition) is 9. The molecule has 0 N–H and O–H groups in total. The maximum atomic E-state index is 13.2. The maximum Gasteiger partial charge on any atom is 0.305 e. The molecule has 4 bridgehead atoms. The topological polar surface area (TPSA) is 101 Å². The minimum atomic E-state index is -0.352. The number of carbonyl (C=O) groups is 3. The second-order valence-electron chi connectivity index (χ2n) is 24.2. The Labute approximate surface area is 456 Å². The summed E-state index contributed by atoms with van der Waals surface area (Å²) >= 11 is 0. The van der Waals surface area contributed by atoms with Crippen molar-refractivity contribution in [2.24, 2.45) is 22.2 Å². The van der Waals surface area contributed by atoms with Crippen LogP contribution in [0, 0.1) is 22.2 Å².